The van der Waals surface area contributed by atoms with E-state index in [-0.39, 0.29) is 0 Å². The summed E-state index contributed by atoms with van der Waals surface area (Å²) in [6, 6.07) is 7.15. The number of aromatic nitrogens is 2. The van der Waals surface area contributed by atoms with Crippen LogP contribution < -0.4 is 5.32 Å². The summed E-state index contributed by atoms with van der Waals surface area (Å²) >= 11 is 5.20. The Bertz CT molecular complexity index is 523. The maximum Gasteiger partial charge on any atom is 0.170 e. The molecule has 1 aliphatic rings. The Hall–Kier alpha value is -0.780. The summed E-state index contributed by atoms with van der Waals surface area (Å²) in [5, 5.41) is 4.48. The quantitative estimate of drug-likeness (QED) is 0.883. The lowest BCUT2D eigenvalue weighted by Gasteiger charge is -2.09. The Morgan fingerprint density at radius 3 is 3.06 bits per heavy atom. The molecule has 2 N–H and O–H groups in total. The van der Waals surface area contributed by atoms with E-state index in [1.807, 2.05) is 6.20 Å². The molecule has 1 saturated carbocycles. The van der Waals surface area contributed by atoms with Gasteiger partial charge in [-0.05, 0) is 30.5 Å². The fourth-order valence-corrected chi connectivity index (χ4v) is 3.14. The van der Waals surface area contributed by atoms with E-state index in [0.717, 1.165) is 22.2 Å². The van der Waals surface area contributed by atoms with Crippen molar-refractivity contribution in [1.82, 2.24) is 15.3 Å². The van der Waals surface area contributed by atoms with E-state index in [0.29, 0.717) is 0 Å². The molecule has 2 aromatic rings. The molecule has 0 bridgehead atoms. The minimum atomic E-state index is 0.732. The van der Waals surface area contributed by atoms with Gasteiger partial charge in [-0.15, -0.1) is 0 Å². The van der Waals surface area contributed by atoms with Gasteiger partial charge in [0.1, 0.15) is 0 Å². The predicted octanol–water partition coefficient (Wildman–Crippen LogP) is 3.58. The van der Waals surface area contributed by atoms with Gasteiger partial charge in [0.15, 0.2) is 5.16 Å². The molecule has 0 saturated heterocycles. The van der Waals surface area contributed by atoms with Crippen LogP contribution in [0.5, 0.6) is 0 Å². The lowest BCUT2D eigenvalue weighted by atomic mass is 10.2. The number of nitrogens with one attached hydrogen (secondary N) is 2. The summed E-state index contributed by atoms with van der Waals surface area (Å²) < 4.78 is 1.10. The number of hydrogen-bond acceptors (Lipinski definition) is 3. The van der Waals surface area contributed by atoms with E-state index in [2.05, 4.69) is 49.4 Å². The van der Waals surface area contributed by atoms with E-state index in [9.17, 15) is 0 Å². The van der Waals surface area contributed by atoms with E-state index in [4.69, 9.17) is 0 Å². The van der Waals surface area contributed by atoms with Crippen LogP contribution >= 0.6 is 27.7 Å². The SMILES string of the molecule is Brc1ccc(CNC2CC2)c(Sc2ncc[nH]2)c1. The number of rotatable bonds is 5. The lowest BCUT2D eigenvalue weighted by Crippen LogP contribution is -2.15. The van der Waals surface area contributed by atoms with Crippen molar-refractivity contribution in [3.63, 3.8) is 0 Å². The average Bonchev–Trinajstić information content (AvgIpc) is 3.05. The van der Waals surface area contributed by atoms with Crippen molar-refractivity contribution in [2.75, 3.05) is 0 Å². The molecule has 5 heteroatoms. The molecule has 0 spiro atoms. The highest BCUT2D eigenvalue weighted by Crippen LogP contribution is 2.31. The lowest BCUT2D eigenvalue weighted by molar-refractivity contribution is 0.680. The third-order valence-electron chi connectivity index (χ3n) is 2.87. The number of imidazole rings is 1. The van der Waals surface area contributed by atoms with E-state index in [1.54, 1.807) is 18.0 Å². The largest absolute Gasteiger partial charge is 0.339 e. The van der Waals surface area contributed by atoms with Gasteiger partial charge in [0.05, 0.1) is 0 Å². The molecule has 1 heterocycles. The van der Waals surface area contributed by atoms with Crippen molar-refractivity contribution in [3.05, 3.63) is 40.6 Å². The molecule has 0 amide bonds. The minimum Gasteiger partial charge on any atom is -0.339 e. The molecule has 1 fully saturated rings. The highest BCUT2D eigenvalue weighted by molar-refractivity contribution is 9.10. The second kappa shape index (κ2) is 5.47. The molecule has 0 atom stereocenters. The molecule has 0 aliphatic heterocycles. The highest BCUT2D eigenvalue weighted by atomic mass is 79.9. The molecule has 0 unspecified atom stereocenters. The van der Waals surface area contributed by atoms with Crippen LogP contribution in [0.15, 0.2) is 45.1 Å². The van der Waals surface area contributed by atoms with Crippen LogP contribution in [-0.4, -0.2) is 16.0 Å². The summed E-state index contributed by atoms with van der Waals surface area (Å²) in [5.41, 5.74) is 1.33. The molecule has 1 aromatic heterocycles. The Morgan fingerprint density at radius 2 is 2.33 bits per heavy atom. The number of H-pyrrole nitrogens is 1. The van der Waals surface area contributed by atoms with E-state index < -0.39 is 0 Å². The van der Waals surface area contributed by atoms with Gasteiger partial charge in [0.25, 0.3) is 0 Å². The van der Waals surface area contributed by atoms with Crippen LogP contribution in [0.4, 0.5) is 0 Å². The van der Waals surface area contributed by atoms with Crippen LogP contribution in [0.2, 0.25) is 0 Å². The predicted molar refractivity (Wildman–Crippen MR) is 76.7 cm³/mol. The second-order valence-corrected chi connectivity index (χ2v) is 6.35. The van der Waals surface area contributed by atoms with Crippen LogP contribution in [0.25, 0.3) is 0 Å². The molecule has 94 valence electrons. The Kier molecular flexibility index (Phi) is 3.72. The van der Waals surface area contributed by atoms with Gasteiger partial charge in [-0.25, -0.2) is 4.98 Å². The summed E-state index contributed by atoms with van der Waals surface area (Å²) in [6.45, 7) is 0.932. The van der Waals surface area contributed by atoms with Gasteiger partial charge in [-0.3, -0.25) is 0 Å². The maximum atomic E-state index is 4.26. The van der Waals surface area contributed by atoms with Crippen molar-refractivity contribution < 1.29 is 0 Å². The van der Waals surface area contributed by atoms with Crippen LogP contribution in [0, 0.1) is 0 Å². The summed E-state index contributed by atoms with van der Waals surface area (Å²) in [5.74, 6) is 0. The van der Waals surface area contributed by atoms with E-state index in [1.165, 1.54) is 23.3 Å². The van der Waals surface area contributed by atoms with Gasteiger partial charge < -0.3 is 10.3 Å². The summed E-state index contributed by atoms with van der Waals surface area (Å²) in [7, 11) is 0. The zero-order valence-electron chi connectivity index (χ0n) is 9.82. The summed E-state index contributed by atoms with van der Waals surface area (Å²) in [6.07, 6.45) is 6.26. The van der Waals surface area contributed by atoms with Crippen molar-refractivity contribution in [3.8, 4) is 0 Å². The number of halogens is 1. The molecule has 18 heavy (non-hydrogen) atoms. The molecule has 3 nitrogen and oxygen atoms in total. The second-order valence-electron chi connectivity index (χ2n) is 4.40. The van der Waals surface area contributed by atoms with Gasteiger partial charge in [-0.1, -0.05) is 33.8 Å². The fraction of sp³-hybridized carbons (Fsp3) is 0.308. The van der Waals surface area contributed by atoms with Crippen molar-refractivity contribution in [2.24, 2.45) is 0 Å². The van der Waals surface area contributed by atoms with Gasteiger partial charge in [-0.2, -0.15) is 0 Å². The number of benzene rings is 1. The first-order valence-electron chi connectivity index (χ1n) is 6.00. The zero-order valence-corrected chi connectivity index (χ0v) is 12.2. The number of aromatic amines is 1. The molecule has 1 aliphatic carbocycles. The first kappa shape index (κ1) is 12.3. The molecular weight excluding hydrogens is 310 g/mol. The highest BCUT2D eigenvalue weighted by Gasteiger charge is 2.20. The molecule has 3 rings (SSSR count). The average molecular weight is 324 g/mol. The standard InChI is InChI=1S/C13H14BrN3S/c14-10-2-1-9(8-17-11-3-4-11)12(7-10)18-13-15-5-6-16-13/h1-2,5-7,11,17H,3-4,8H2,(H,15,16). The monoisotopic (exact) mass is 323 g/mol. The Labute approximate surface area is 119 Å². The third-order valence-corrected chi connectivity index (χ3v) is 4.38. The summed E-state index contributed by atoms with van der Waals surface area (Å²) in [4.78, 5) is 8.63. The Balaban J connectivity index is 1.78. The van der Waals surface area contributed by atoms with Crippen LogP contribution in [-0.2, 0) is 6.54 Å². The van der Waals surface area contributed by atoms with Gasteiger partial charge in [0, 0.05) is 34.3 Å². The number of nitrogens with zero attached hydrogens (tertiary/aromatic N) is 1. The van der Waals surface area contributed by atoms with E-state index >= 15 is 0 Å². The van der Waals surface area contributed by atoms with Crippen molar-refractivity contribution in [2.45, 2.75) is 35.5 Å². The minimum absolute atomic E-state index is 0.732. The third kappa shape index (κ3) is 3.16. The van der Waals surface area contributed by atoms with Crippen LogP contribution in [0.1, 0.15) is 18.4 Å². The molecule has 0 radical (unpaired) electrons. The smallest absolute Gasteiger partial charge is 0.170 e. The first-order chi connectivity index (χ1) is 8.81. The maximum absolute atomic E-state index is 4.26. The molecule has 1 aromatic carbocycles. The topological polar surface area (TPSA) is 40.7 Å². The zero-order chi connectivity index (χ0) is 12.4. The van der Waals surface area contributed by atoms with Gasteiger partial charge >= 0.3 is 0 Å². The Morgan fingerprint density at radius 1 is 1.44 bits per heavy atom. The fourth-order valence-electron chi connectivity index (χ4n) is 1.72. The van der Waals surface area contributed by atoms with Crippen molar-refractivity contribution >= 4 is 27.7 Å². The normalized spacial score (nSPS) is 14.9. The van der Waals surface area contributed by atoms with Gasteiger partial charge in [0.2, 0.25) is 0 Å². The van der Waals surface area contributed by atoms with Crippen molar-refractivity contribution in [1.29, 1.82) is 0 Å². The number of hydrogen-bond donors (Lipinski definition) is 2. The first-order valence-corrected chi connectivity index (χ1v) is 7.61. The van der Waals surface area contributed by atoms with Crippen LogP contribution in [0.3, 0.4) is 0 Å². The molecular formula is C13H14BrN3S.